The van der Waals surface area contributed by atoms with Gasteiger partial charge in [-0.15, -0.1) is 0 Å². The number of esters is 2. The summed E-state index contributed by atoms with van der Waals surface area (Å²) in [4.78, 5) is 26.9. The van der Waals surface area contributed by atoms with Crippen molar-refractivity contribution < 1.29 is 23.8 Å². The lowest BCUT2D eigenvalue weighted by Crippen LogP contribution is -2.05. The summed E-state index contributed by atoms with van der Waals surface area (Å²) in [5.74, 6) is -0.226. The Balaban J connectivity index is 2.06. The zero-order chi connectivity index (χ0) is 19.6. The molecule has 1 heterocycles. The van der Waals surface area contributed by atoms with Gasteiger partial charge in [0.25, 0.3) is 0 Å². The molecule has 0 radical (unpaired) electrons. The van der Waals surface area contributed by atoms with Gasteiger partial charge in [-0.3, -0.25) is 0 Å². The topological polar surface area (TPSA) is 77.6 Å². The van der Waals surface area contributed by atoms with Gasteiger partial charge in [-0.2, -0.15) is 0 Å². The average molecular weight is 367 g/mol. The molecule has 27 heavy (non-hydrogen) atoms. The van der Waals surface area contributed by atoms with E-state index in [2.05, 4.69) is 4.98 Å². The second-order valence-electron chi connectivity index (χ2n) is 6.17. The maximum absolute atomic E-state index is 11.9. The summed E-state index contributed by atoms with van der Waals surface area (Å²) in [7, 11) is 4.27. The Kier molecular flexibility index (Phi) is 5.16. The Morgan fingerprint density at radius 2 is 1.52 bits per heavy atom. The highest BCUT2D eigenvalue weighted by Crippen LogP contribution is 2.36. The van der Waals surface area contributed by atoms with Crippen molar-refractivity contribution in [3.63, 3.8) is 0 Å². The first-order valence-electron chi connectivity index (χ1n) is 8.45. The van der Waals surface area contributed by atoms with Crippen LogP contribution in [0.5, 0.6) is 5.75 Å². The molecule has 2 aromatic carbocycles. The van der Waals surface area contributed by atoms with E-state index in [-0.39, 0.29) is 11.9 Å². The first-order valence-corrected chi connectivity index (χ1v) is 8.45. The predicted molar refractivity (Wildman–Crippen MR) is 101 cm³/mol. The molecule has 6 nitrogen and oxygen atoms in total. The standard InChI is InChI=1S/C21H21NO5/c1-12(15-7-5-14(21(24)27-4)10-19(15)25-2)17-11-22-18-8-6-13(9-16(17)18)20(23)26-3/h5-12,22H,1-4H3. The minimum absolute atomic E-state index is 0.0340. The molecule has 6 heteroatoms. The quantitative estimate of drug-likeness (QED) is 0.692. The Morgan fingerprint density at radius 3 is 2.15 bits per heavy atom. The minimum atomic E-state index is -0.415. The predicted octanol–water partition coefficient (Wildman–Crippen LogP) is 3.90. The summed E-state index contributed by atoms with van der Waals surface area (Å²) >= 11 is 0. The Labute approximate surface area is 157 Å². The number of H-pyrrole nitrogens is 1. The van der Waals surface area contributed by atoms with Crippen LogP contribution >= 0.6 is 0 Å². The van der Waals surface area contributed by atoms with E-state index in [0.717, 1.165) is 22.0 Å². The number of carbonyl (C=O) groups is 2. The number of benzene rings is 2. The van der Waals surface area contributed by atoms with Crippen LogP contribution in [0, 0.1) is 0 Å². The molecule has 0 saturated carbocycles. The van der Waals surface area contributed by atoms with E-state index < -0.39 is 5.97 Å². The van der Waals surface area contributed by atoms with Gasteiger partial charge in [-0.05, 0) is 35.9 Å². The van der Waals surface area contributed by atoms with Crippen LogP contribution in [-0.2, 0) is 9.47 Å². The molecular formula is C21H21NO5. The Bertz CT molecular complexity index is 1000. The largest absolute Gasteiger partial charge is 0.496 e. The molecule has 0 spiro atoms. The molecule has 1 aromatic heterocycles. The molecule has 0 fully saturated rings. The van der Waals surface area contributed by atoms with Gasteiger partial charge in [-0.1, -0.05) is 13.0 Å². The number of carbonyl (C=O) groups excluding carboxylic acids is 2. The highest BCUT2D eigenvalue weighted by molar-refractivity contribution is 5.96. The molecule has 1 N–H and O–H groups in total. The number of hydrogen-bond acceptors (Lipinski definition) is 5. The SMILES string of the molecule is COC(=O)c1ccc(C(C)c2c[nH]c3ccc(C(=O)OC)cc23)c(OC)c1. The second-order valence-corrected chi connectivity index (χ2v) is 6.17. The summed E-state index contributed by atoms with van der Waals surface area (Å²) in [6.45, 7) is 2.04. The molecule has 0 aliphatic rings. The molecule has 3 rings (SSSR count). The lowest BCUT2D eigenvalue weighted by atomic mass is 9.91. The average Bonchev–Trinajstić information content (AvgIpc) is 3.14. The summed E-state index contributed by atoms with van der Waals surface area (Å²) < 4.78 is 15.1. The van der Waals surface area contributed by atoms with Crippen molar-refractivity contribution in [3.8, 4) is 5.75 Å². The Morgan fingerprint density at radius 1 is 0.889 bits per heavy atom. The van der Waals surface area contributed by atoms with E-state index in [0.29, 0.717) is 16.9 Å². The van der Waals surface area contributed by atoms with Gasteiger partial charge in [0.1, 0.15) is 5.75 Å². The van der Waals surface area contributed by atoms with Crippen molar-refractivity contribution in [1.82, 2.24) is 4.98 Å². The Hall–Kier alpha value is -3.28. The van der Waals surface area contributed by atoms with Gasteiger partial charge < -0.3 is 19.2 Å². The molecule has 0 saturated heterocycles. The fraction of sp³-hybridized carbons (Fsp3) is 0.238. The van der Waals surface area contributed by atoms with E-state index >= 15 is 0 Å². The van der Waals surface area contributed by atoms with Crippen molar-refractivity contribution in [1.29, 1.82) is 0 Å². The minimum Gasteiger partial charge on any atom is -0.496 e. The number of aromatic nitrogens is 1. The third-order valence-electron chi connectivity index (χ3n) is 4.72. The first-order chi connectivity index (χ1) is 13.0. The van der Waals surface area contributed by atoms with Crippen LogP contribution in [0.2, 0.25) is 0 Å². The van der Waals surface area contributed by atoms with Crippen LogP contribution in [0.1, 0.15) is 44.7 Å². The van der Waals surface area contributed by atoms with Gasteiger partial charge in [0, 0.05) is 28.6 Å². The van der Waals surface area contributed by atoms with E-state index in [9.17, 15) is 9.59 Å². The van der Waals surface area contributed by atoms with Crippen molar-refractivity contribution in [3.05, 3.63) is 64.8 Å². The number of ether oxygens (including phenoxy) is 3. The molecule has 0 aliphatic heterocycles. The van der Waals surface area contributed by atoms with E-state index in [1.807, 2.05) is 31.3 Å². The van der Waals surface area contributed by atoms with Crippen molar-refractivity contribution in [2.24, 2.45) is 0 Å². The zero-order valence-corrected chi connectivity index (χ0v) is 15.7. The van der Waals surface area contributed by atoms with E-state index in [4.69, 9.17) is 14.2 Å². The van der Waals surface area contributed by atoms with Crippen LogP contribution in [0.25, 0.3) is 10.9 Å². The van der Waals surface area contributed by atoms with Crippen LogP contribution in [0.4, 0.5) is 0 Å². The number of hydrogen-bond donors (Lipinski definition) is 1. The fourth-order valence-electron chi connectivity index (χ4n) is 3.23. The first kappa shape index (κ1) is 18.5. The molecule has 140 valence electrons. The molecular weight excluding hydrogens is 346 g/mol. The van der Waals surface area contributed by atoms with Gasteiger partial charge in [-0.25, -0.2) is 9.59 Å². The normalized spacial score (nSPS) is 11.9. The van der Waals surface area contributed by atoms with Crippen LogP contribution in [0.15, 0.2) is 42.6 Å². The summed E-state index contributed by atoms with van der Waals surface area (Å²) in [6, 6.07) is 10.7. The van der Waals surface area contributed by atoms with Crippen molar-refractivity contribution in [2.45, 2.75) is 12.8 Å². The molecule has 3 aromatic rings. The number of nitrogens with one attached hydrogen (secondary N) is 1. The number of rotatable bonds is 5. The maximum atomic E-state index is 11.9. The monoisotopic (exact) mass is 367 g/mol. The molecule has 0 aliphatic carbocycles. The van der Waals surface area contributed by atoms with Gasteiger partial charge in [0.15, 0.2) is 0 Å². The highest BCUT2D eigenvalue weighted by atomic mass is 16.5. The van der Waals surface area contributed by atoms with E-state index in [1.165, 1.54) is 14.2 Å². The number of methoxy groups -OCH3 is 3. The van der Waals surface area contributed by atoms with Gasteiger partial charge >= 0.3 is 11.9 Å². The fourth-order valence-corrected chi connectivity index (χ4v) is 3.23. The third-order valence-corrected chi connectivity index (χ3v) is 4.72. The van der Waals surface area contributed by atoms with Crippen molar-refractivity contribution >= 4 is 22.8 Å². The summed E-state index contributed by atoms with van der Waals surface area (Å²) in [5, 5.41) is 0.935. The summed E-state index contributed by atoms with van der Waals surface area (Å²) in [6.07, 6.45) is 1.92. The van der Waals surface area contributed by atoms with Gasteiger partial charge in [0.05, 0.1) is 32.5 Å². The van der Waals surface area contributed by atoms with Crippen LogP contribution in [-0.4, -0.2) is 38.3 Å². The van der Waals surface area contributed by atoms with Crippen LogP contribution < -0.4 is 4.74 Å². The third kappa shape index (κ3) is 3.38. The lowest BCUT2D eigenvalue weighted by molar-refractivity contribution is 0.0592. The van der Waals surface area contributed by atoms with Crippen LogP contribution in [0.3, 0.4) is 0 Å². The van der Waals surface area contributed by atoms with E-state index in [1.54, 1.807) is 25.3 Å². The highest BCUT2D eigenvalue weighted by Gasteiger charge is 2.20. The maximum Gasteiger partial charge on any atom is 0.337 e. The van der Waals surface area contributed by atoms with Crippen molar-refractivity contribution in [2.75, 3.05) is 21.3 Å². The lowest BCUT2D eigenvalue weighted by Gasteiger charge is -2.16. The second kappa shape index (κ2) is 7.53. The molecule has 1 unspecified atom stereocenters. The summed E-state index contributed by atoms with van der Waals surface area (Å²) in [5.41, 5.74) is 3.78. The number of fused-ring (bicyclic) bond motifs is 1. The molecule has 0 bridgehead atoms. The van der Waals surface area contributed by atoms with Gasteiger partial charge in [0.2, 0.25) is 0 Å². The molecule has 1 atom stereocenters. The number of aromatic amines is 1. The smallest absolute Gasteiger partial charge is 0.337 e. The zero-order valence-electron chi connectivity index (χ0n) is 15.7. The molecule has 0 amide bonds.